The van der Waals surface area contributed by atoms with Gasteiger partial charge in [-0.2, -0.15) is 15.0 Å². The highest BCUT2D eigenvalue weighted by molar-refractivity contribution is 6.10. The average Bonchev–Trinajstić information content (AvgIpc) is 1.76. The van der Waals surface area contributed by atoms with Crippen LogP contribution in [0.4, 0.5) is 0 Å². The first-order valence-electron chi connectivity index (χ1n) is 31.5. The first-order chi connectivity index (χ1) is 41.6. The molecule has 0 aliphatic heterocycles. The number of phenols is 1. The predicted molar refractivity (Wildman–Crippen MR) is 259 cm³/mol. The van der Waals surface area contributed by atoms with E-state index in [0.29, 0.717) is 11.1 Å². The van der Waals surface area contributed by atoms with Crippen LogP contribution < -0.4 is 0 Å². The predicted octanol–water partition coefficient (Wildman–Crippen LogP) is 13.5. The highest BCUT2D eigenvalue weighted by atomic mass is 16.3. The van der Waals surface area contributed by atoms with Gasteiger partial charge in [0, 0.05) is 27.1 Å². The molecule has 6 nitrogen and oxygen atoms in total. The Kier molecular flexibility index (Phi) is 4.73. The molecule has 0 bridgehead atoms. The molecule has 0 aliphatic carbocycles. The normalized spacial score (nSPS) is 17.1. The van der Waals surface area contributed by atoms with Crippen LogP contribution in [0.5, 0.6) is 5.75 Å². The minimum absolute atomic E-state index is 0.0963. The van der Waals surface area contributed by atoms with Gasteiger partial charge >= 0.3 is 0 Å². The van der Waals surface area contributed by atoms with E-state index in [4.69, 9.17) is 36.9 Å². The van der Waals surface area contributed by atoms with E-state index in [0.717, 1.165) is 9.13 Å². The van der Waals surface area contributed by atoms with Crippen LogP contribution >= 0.6 is 0 Å². The van der Waals surface area contributed by atoms with Crippen molar-refractivity contribution >= 4 is 43.6 Å². The number of aromatic hydroxyl groups is 1. The van der Waals surface area contributed by atoms with Crippen molar-refractivity contribution < 1.29 is 38.0 Å². The van der Waals surface area contributed by atoms with Crippen molar-refractivity contribution in [2.24, 2.45) is 0 Å². The van der Waals surface area contributed by atoms with Gasteiger partial charge in [0.15, 0.2) is 5.82 Å². The van der Waals surface area contributed by atoms with Gasteiger partial charge in [-0.3, -0.25) is 9.13 Å². The van der Waals surface area contributed by atoms with Gasteiger partial charge in [-0.05, 0) is 81.7 Å². The Hall–Kier alpha value is -8.61. The van der Waals surface area contributed by atoms with Gasteiger partial charge in [0.05, 0.1) is 60.4 Å². The lowest BCUT2D eigenvalue weighted by molar-refractivity contribution is 0.476. The molecule has 12 rings (SSSR count). The fourth-order valence-electron chi connectivity index (χ4n) is 8.25. The molecule has 1 N–H and O–H groups in total. The van der Waals surface area contributed by atoms with Crippen LogP contribution in [0.2, 0.25) is 0 Å². The van der Waals surface area contributed by atoms with E-state index in [1.165, 1.54) is 18.2 Å². The third kappa shape index (κ3) is 5.92. The van der Waals surface area contributed by atoms with Crippen LogP contribution in [0, 0.1) is 0 Å². The molecule has 0 spiro atoms. The van der Waals surface area contributed by atoms with Crippen molar-refractivity contribution in [1.29, 1.82) is 0 Å². The van der Waals surface area contributed by atoms with Crippen molar-refractivity contribution in [3.8, 4) is 40.2 Å². The fourth-order valence-corrected chi connectivity index (χ4v) is 8.25. The van der Waals surface area contributed by atoms with Crippen molar-refractivity contribution in [1.82, 2.24) is 24.1 Å². The number of hydrogen-bond donors (Lipinski definition) is 1. The highest BCUT2D eigenvalue weighted by Gasteiger charge is 2.39. The molecule has 0 fully saturated rings. The molecule has 12 aromatic rings. The maximum Gasteiger partial charge on any atom is 0.240 e. The second kappa shape index (κ2) is 15.1. The van der Waals surface area contributed by atoms with E-state index in [-0.39, 0.29) is 22.3 Å². The van der Waals surface area contributed by atoms with Crippen LogP contribution in [0.1, 0.15) is 55.2 Å². The Morgan fingerprint density at radius 3 is 1.52 bits per heavy atom. The fraction of sp³-hybridized carbons (Fsp3) is 0.0172. The molecule has 64 heavy (non-hydrogen) atoms. The quantitative estimate of drug-likeness (QED) is 0.155. The van der Waals surface area contributed by atoms with Gasteiger partial charge in [-0.25, -0.2) is 0 Å². The molecular weight excluding hydrogens is 783 g/mol. The SMILES string of the molecule is [2H]c1c([2H])c([2H])c(-c2cccc(C(c3ccccc3)(c3ccccc3)c3c([2H])c([2H])c([2H])c(-c4nc(-n5c6c([2H])c([2H])c([2H])c([2H])c6c6c([2H])c([2H])c([2H])c([2H])c65)nc(-n5c6c([2H])c([2H])c([2H])c([2H])c6c6c([2H])c(O)c([2H])c([2H])c65)n4)c3[2H])c2)c([2H])c1[2H]. The average molecular weight is 846 g/mol. The number of benzene rings is 9. The summed E-state index contributed by atoms with van der Waals surface area (Å²) < 4.78 is 221. The maximum absolute atomic E-state index is 11.2. The molecule has 0 saturated heterocycles. The summed E-state index contributed by atoms with van der Waals surface area (Å²) in [5.74, 6) is -3.55. The summed E-state index contributed by atoms with van der Waals surface area (Å²) in [6, 6.07) is 3.90. The molecule has 0 saturated carbocycles. The summed E-state index contributed by atoms with van der Waals surface area (Å²) >= 11 is 0. The Balaban J connectivity index is 1.31. The standard InChI is InChI=1S/C58H39N5O/c64-46-34-35-54-50(38-46)49-30-12-15-33-53(49)63(54)57-60-55(59-56(61-57)62-51-31-13-10-28-47(51)48-29-11-14-32-52(48)62)41-21-17-27-45(37-41)58(42-22-6-2-7-23-42,43-24-8-3-9-25-43)44-26-16-20-40(36-44)39-18-4-1-5-19-39/h1-38,64H/i1D,4D,5D,10D,11D,12D,13D,14D,15D,17D,18D,19D,21D,27D,28D,29D,30D,31D,32D,33D,34D,35D,37D,38D. The maximum atomic E-state index is 11.2. The number of para-hydroxylation sites is 3. The highest BCUT2D eigenvalue weighted by Crippen LogP contribution is 2.47. The number of fused-ring (bicyclic) bond motifs is 6. The van der Waals surface area contributed by atoms with Gasteiger partial charge in [-0.1, -0.05) is 182 Å². The third-order valence-electron chi connectivity index (χ3n) is 10.9. The van der Waals surface area contributed by atoms with Crippen LogP contribution in [0.3, 0.4) is 0 Å². The van der Waals surface area contributed by atoms with Crippen molar-refractivity contribution in [3.05, 3.63) is 252 Å². The molecule has 0 radical (unpaired) electrons. The van der Waals surface area contributed by atoms with Gasteiger partial charge in [0.2, 0.25) is 11.9 Å². The smallest absolute Gasteiger partial charge is 0.240 e. The zero-order valence-electron chi connectivity index (χ0n) is 56.8. The Bertz CT molecular complexity index is 4710. The summed E-state index contributed by atoms with van der Waals surface area (Å²) in [6.45, 7) is 0. The molecule has 3 heterocycles. The van der Waals surface area contributed by atoms with E-state index in [9.17, 15) is 16.1 Å². The first-order valence-corrected chi connectivity index (χ1v) is 19.5. The van der Waals surface area contributed by atoms with E-state index in [1.54, 1.807) is 66.7 Å². The number of hydrogen-bond acceptors (Lipinski definition) is 4. The van der Waals surface area contributed by atoms with Crippen LogP contribution in [0.15, 0.2) is 230 Å². The Labute approximate surface area is 403 Å². The molecule has 0 unspecified atom stereocenters. The molecule has 0 atom stereocenters. The van der Waals surface area contributed by atoms with Crippen molar-refractivity contribution in [3.63, 3.8) is 0 Å². The van der Waals surface area contributed by atoms with Gasteiger partial charge < -0.3 is 5.11 Å². The van der Waals surface area contributed by atoms with E-state index in [2.05, 4.69) is 0 Å². The number of phenolic OH excluding ortho intramolecular Hbond substituents is 1. The lowest BCUT2D eigenvalue weighted by atomic mass is 9.64. The van der Waals surface area contributed by atoms with E-state index >= 15 is 0 Å². The topological polar surface area (TPSA) is 68.8 Å². The minimum Gasteiger partial charge on any atom is -0.508 e. The molecule has 6 heteroatoms. The van der Waals surface area contributed by atoms with Crippen LogP contribution in [0.25, 0.3) is 78.0 Å². The number of nitrogens with zero attached hydrogens (tertiary/aromatic N) is 5. The van der Waals surface area contributed by atoms with Gasteiger partial charge in [0.25, 0.3) is 0 Å². The molecule has 0 amide bonds. The lowest BCUT2D eigenvalue weighted by Gasteiger charge is -2.37. The summed E-state index contributed by atoms with van der Waals surface area (Å²) in [7, 11) is 0. The first kappa shape index (κ1) is 20.1. The Morgan fingerprint density at radius 1 is 0.391 bits per heavy atom. The largest absolute Gasteiger partial charge is 0.508 e. The second-order valence-electron chi connectivity index (χ2n) is 14.4. The molecule has 9 aromatic carbocycles. The zero-order valence-corrected chi connectivity index (χ0v) is 32.8. The monoisotopic (exact) mass is 845 g/mol. The Morgan fingerprint density at radius 2 is 0.906 bits per heavy atom. The van der Waals surface area contributed by atoms with Crippen LogP contribution in [-0.4, -0.2) is 29.2 Å². The summed E-state index contributed by atoms with van der Waals surface area (Å²) in [6.07, 6.45) is 0. The number of aromatic nitrogens is 5. The molecular formula is C58H39N5O. The van der Waals surface area contributed by atoms with Gasteiger partial charge in [-0.15, -0.1) is 0 Å². The third-order valence-corrected chi connectivity index (χ3v) is 10.9. The van der Waals surface area contributed by atoms with Crippen LogP contribution in [-0.2, 0) is 5.41 Å². The molecule has 3 aromatic heterocycles. The molecule has 302 valence electrons. The van der Waals surface area contributed by atoms with E-state index < -0.39 is 223 Å². The van der Waals surface area contributed by atoms with E-state index in [1.807, 2.05) is 0 Å². The summed E-state index contributed by atoms with van der Waals surface area (Å²) in [5.41, 5.74) is -4.59. The minimum atomic E-state index is -1.98. The molecule has 0 aliphatic rings. The lowest BCUT2D eigenvalue weighted by Crippen LogP contribution is -2.31. The van der Waals surface area contributed by atoms with Gasteiger partial charge in [0.1, 0.15) is 5.75 Å². The van der Waals surface area contributed by atoms with Crippen molar-refractivity contribution in [2.75, 3.05) is 0 Å². The number of rotatable bonds is 8. The van der Waals surface area contributed by atoms with Crippen molar-refractivity contribution in [2.45, 2.75) is 5.41 Å². The zero-order chi connectivity index (χ0) is 63.5. The summed E-state index contributed by atoms with van der Waals surface area (Å²) in [5, 5.41) is 9.24. The second-order valence-corrected chi connectivity index (χ2v) is 14.4. The summed E-state index contributed by atoms with van der Waals surface area (Å²) in [4.78, 5) is 14.3.